The third-order valence-corrected chi connectivity index (χ3v) is 3.49. The molecule has 1 aromatic heterocycles. The molecule has 7 heteroatoms. The highest BCUT2D eigenvalue weighted by molar-refractivity contribution is 5.82. The molecule has 1 aromatic carbocycles. The van der Waals surface area contributed by atoms with E-state index < -0.39 is 30.8 Å². The van der Waals surface area contributed by atoms with Gasteiger partial charge < -0.3 is 9.84 Å². The molecule has 2 heterocycles. The van der Waals surface area contributed by atoms with Gasteiger partial charge in [0.05, 0.1) is 19.1 Å². The first-order valence-corrected chi connectivity index (χ1v) is 6.93. The van der Waals surface area contributed by atoms with Crippen molar-refractivity contribution in [1.82, 2.24) is 15.8 Å². The van der Waals surface area contributed by atoms with Crippen molar-refractivity contribution in [2.75, 3.05) is 6.54 Å². The van der Waals surface area contributed by atoms with Crippen LogP contribution in [0.25, 0.3) is 11.3 Å². The first kappa shape index (κ1) is 14.6. The van der Waals surface area contributed by atoms with Crippen molar-refractivity contribution >= 4 is 5.91 Å². The van der Waals surface area contributed by atoms with Crippen LogP contribution in [0.15, 0.2) is 40.9 Å². The Hall–Kier alpha value is -2.28. The molecule has 1 saturated heterocycles. The Morgan fingerprint density at radius 1 is 1.41 bits per heavy atom. The van der Waals surface area contributed by atoms with Crippen LogP contribution < -0.4 is 10.6 Å². The number of aromatic nitrogens is 1. The van der Waals surface area contributed by atoms with Crippen molar-refractivity contribution in [1.29, 1.82) is 0 Å². The van der Waals surface area contributed by atoms with E-state index in [1.807, 2.05) is 30.3 Å². The highest BCUT2D eigenvalue weighted by atomic mass is 19.3. The maximum Gasteiger partial charge on any atom is 0.262 e. The lowest BCUT2D eigenvalue weighted by atomic mass is 10.1. The van der Waals surface area contributed by atoms with Crippen LogP contribution in [0.3, 0.4) is 0 Å². The van der Waals surface area contributed by atoms with Gasteiger partial charge in [0.25, 0.3) is 5.92 Å². The number of hydrogen-bond donors (Lipinski definition) is 2. The standard InChI is InChI=1S/C15H15F2N3O2/c16-15(17)7-13(19-9-15)14(21)18-8-11-6-12(20-22-11)10-4-2-1-3-5-10/h1-6,13,19H,7-9H2,(H,18,21). The molecule has 1 amide bonds. The molecule has 2 N–H and O–H groups in total. The number of nitrogens with zero attached hydrogens (tertiary/aromatic N) is 1. The second kappa shape index (κ2) is 5.84. The van der Waals surface area contributed by atoms with E-state index in [1.54, 1.807) is 6.07 Å². The number of halogens is 2. The predicted octanol–water partition coefficient (Wildman–Crippen LogP) is 1.95. The maximum atomic E-state index is 13.0. The van der Waals surface area contributed by atoms with Crippen molar-refractivity contribution in [3.05, 3.63) is 42.2 Å². The number of benzene rings is 1. The molecule has 0 bridgehead atoms. The minimum absolute atomic E-state index is 0.114. The van der Waals surface area contributed by atoms with Crippen molar-refractivity contribution in [3.63, 3.8) is 0 Å². The molecule has 0 spiro atoms. The van der Waals surface area contributed by atoms with Gasteiger partial charge in [-0.2, -0.15) is 0 Å². The van der Waals surface area contributed by atoms with E-state index >= 15 is 0 Å². The summed E-state index contributed by atoms with van der Waals surface area (Å²) in [6.07, 6.45) is -0.482. The number of carbonyl (C=O) groups is 1. The van der Waals surface area contributed by atoms with Gasteiger partial charge in [-0.15, -0.1) is 0 Å². The molecular formula is C15H15F2N3O2. The fourth-order valence-electron chi connectivity index (χ4n) is 2.34. The van der Waals surface area contributed by atoms with Crippen LogP contribution in [-0.4, -0.2) is 29.6 Å². The highest BCUT2D eigenvalue weighted by Crippen LogP contribution is 2.25. The summed E-state index contributed by atoms with van der Waals surface area (Å²) < 4.78 is 31.2. The summed E-state index contributed by atoms with van der Waals surface area (Å²) >= 11 is 0. The van der Waals surface area contributed by atoms with Crippen molar-refractivity contribution in [2.24, 2.45) is 0 Å². The van der Waals surface area contributed by atoms with Crippen LogP contribution in [0.2, 0.25) is 0 Å². The van der Waals surface area contributed by atoms with Gasteiger partial charge in [-0.1, -0.05) is 35.5 Å². The molecule has 116 valence electrons. The van der Waals surface area contributed by atoms with Crippen LogP contribution in [0.5, 0.6) is 0 Å². The lowest BCUT2D eigenvalue weighted by molar-refractivity contribution is -0.123. The van der Waals surface area contributed by atoms with Gasteiger partial charge in [0.1, 0.15) is 5.69 Å². The van der Waals surface area contributed by atoms with Gasteiger partial charge in [-0.25, -0.2) is 8.78 Å². The zero-order chi connectivity index (χ0) is 15.6. The molecule has 1 atom stereocenters. The molecule has 0 aliphatic carbocycles. The number of nitrogens with one attached hydrogen (secondary N) is 2. The molecule has 1 unspecified atom stereocenters. The SMILES string of the molecule is O=C(NCc1cc(-c2ccccc2)no1)C1CC(F)(F)CN1. The molecular weight excluding hydrogens is 292 g/mol. The Bertz CT molecular complexity index is 658. The molecule has 5 nitrogen and oxygen atoms in total. The molecule has 2 aromatic rings. The van der Waals surface area contributed by atoms with Crippen LogP contribution in [0.1, 0.15) is 12.2 Å². The third-order valence-electron chi connectivity index (χ3n) is 3.49. The Labute approximate surface area is 125 Å². The van der Waals surface area contributed by atoms with Gasteiger partial charge in [-0.05, 0) is 0 Å². The second-order valence-electron chi connectivity index (χ2n) is 5.26. The van der Waals surface area contributed by atoms with E-state index in [0.29, 0.717) is 11.5 Å². The van der Waals surface area contributed by atoms with Crippen molar-refractivity contribution in [3.8, 4) is 11.3 Å². The maximum absolute atomic E-state index is 13.0. The minimum Gasteiger partial charge on any atom is -0.359 e. The average molecular weight is 307 g/mol. The molecule has 3 rings (SSSR count). The van der Waals surface area contributed by atoms with Crippen molar-refractivity contribution < 1.29 is 18.1 Å². The monoisotopic (exact) mass is 307 g/mol. The van der Waals surface area contributed by atoms with Gasteiger partial charge in [-0.3, -0.25) is 10.1 Å². The number of alkyl halides is 2. The molecule has 1 fully saturated rings. The van der Waals surface area contributed by atoms with Crippen LogP contribution in [0.4, 0.5) is 8.78 Å². The van der Waals surface area contributed by atoms with E-state index in [2.05, 4.69) is 15.8 Å². The van der Waals surface area contributed by atoms with E-state index in [-0.39, 0.29) is 6.54 Å². The molecule has 0 saturated carbocycles. The Kier molecular flexibility index (Phi) is 3.89. The summed E-state index contributed by atoms with van der Waals surface area (Å²) in [7, 11) is 0. The summed E-state index contributed by atoms with van der Waals surface area (Å²) in [4.78, 5) is 11.8. The topological polar surface area (TPSA) is 67.2 Å². The normalized spacial score (nSPS) is 20.0. The van der Waals surface area contributed by atoms with Gasteiger partial charge >= 0.3 is 0 Å². The number of carbonyl (C=O) groups excluding carboxylic acids is 1. The van der Waals surface area contributed by atoms with Gasteiger partial charge in [0, 0.05) is 18.1 Å². The first-order chi connectivity index (χ1) is 10.5. The van der Waals surface area contributed by atoms with Gasteiger partial charge in [0.15, 0.2) is 5.76 Å². The number of hydrogen-bond acceptors (Lipinski definition) is 4. The van der Waals surface area contributed by atoms with Crippen LogP contribution in [-0.2, 0) is 11.3 Å². The summed E-state index contributed by atoms with van der Waals surface area (Å²) in [5.41, 5.74) is 1.57. The quantitative estimate of drug-likeness (QED) is 0.906. The zero-order valence-corrected chi connectivity index (χ0v) is 11.7. The first-order valence-electron chi connectivity index (χ1n) is 6.93. The lowest BCUT2D eigenvalue weighted by Gasteiger charge is -2.09. The minimum atomic E-state index is -2.82. The predicted molar refractivity (Wildman–Crippen MR) is 75.1 cm³/mol. The summed E-state index contributed by atoms with van der Waals surface area (Å²) in [6.45, 7) is -0.353. The second-order valence-corrected chi connectivity index (χ2v) is 5.26. The smallest absolute Gasteiger partial charge is 0.262 e. The highest BCUT2D eigenvalue weighted by Gasteiger charge is 2.42. The Balaban J connectivity index is 1.56. The molecule has 1 aliphatic heterocycles. The average Bonchev–Trinajstić information content (AvgIpc) is 3.12. The van der Waals surface area contributed by atoms with Crippen LogP contribution in [0, 0.1) is 0 Å². The largest absolute Gasteiger partial charge is 0.359 e. The van der Waals surface area contributed by atoms with E-state index in [4.69, 9.17) is 4.52 Å². The van der Waals surface area contributed by atoms with Crippen molar-refractivity contribution in [2.45, 2.75) is 24.9 Å². The third kappa shape index (κ3) is 3.30. The fourth-order valence-corrected chi connectivity index (χ4v) is 2.34. The fraction of sp³-hybridized carbons (Fsp3) is 0.333. The van der Waals surface area contributed by atoms with Gasteiger partial charge in [0.2, 0.25) is 5.91 Å². The lowest BCUT2D eigenvalue weighted by Crippen LogP contribution is -2.39. The molecule has 1 aliphatic rings. The Morgan fingerprint density at radius 2 is 2.18 bits per heavy atom. The van der Waals surface area contributed by atoms with E-state index in [1.165, 1.54) is 0 Å². The number of amides is 1. The summed E-state index contributed by atoms with van der Waals surface area (Å²) in [6, 6.07) is 10.3. The zero-order valence-electron chi connectivity index (χ0n) is 11.7. The summed E-state index contributed by atoms with van der Waals surface area (Å²) in [5, 5.41) is 9.00. The van der Waals surface area contributed by atoms with Crippen LogP contribution >= 0.6 is 0 Å². The number of rotatable bonds is 4. The molecule has 22 heavy (non-hydrogen) atoms. The van der Waals surface area contributed by atoms with E-state index in [0.717, 1.165) is 5.56 Å². The molecule has 0 radical (unpaired) electrons. The Morgan fingerprint density at radius 3 is 2.86 bits per heavy atom. The summed E-state index contributed by atoms with van der Waals surface area (Å²) in [5.74, 6) is -2.82. The van der Waals surface area contributed by atoms with E-state index in [9.17, 15) is 13.6 Å².